The minimum atomic E-state index is -2.44. The summed E-state index contributed by atoms with van der Waals surface area (Å²) in [4.78, 5) is 11.5. The van der Waals surface area contributed by atoms with Crippen LogP contribution in [0.15, 0.2) is 18.3 Å². The Morgan fingerprint density at radius 1 is 1.12 bits per heavy atom. The van der Waals surface area contributed by atoms with E-state index in [4.69, 9.17) is 21.0 Å². The summed E-state index contributed by atoms with van der Waals surface area (Å²) in [5.41, 5.74) is 0.894. The van der Waals surface area contributed by atoms with E-state index in [0.717, 1.165) is 11.9 Å². The summed E-state index contributed by atoms with van der Waals surface area (Å²) in [6, 6.07) is 3.77. The first-order valence-electron chi connectivity index (χ1n) is 14.3. The highest BCUT2D eigenvalue weighted by Crippen LogP contribution is 2.41. The Morgan fingerprint density at radius 3 is 2.40 bits per heavy atom. The molecule has 0 spiro atoms. The van der Waals surface area contributed by atoms with Crippen molar-refractivity contribution >= 4 is 50.0 Å². The molecule has 4 rings (SSSR count). The van der Waals surface area contributed by atoms with Crippen LogP contribution in [0.4, 0.5) is 10.2 Å². The van der Waals surface area contributed by atoms with Crippen molar-refractivity contribution in [2.45, 2.75) is 91.0 Å². The molecule has 0 aromatic carbocycles. The number of nitrogens with zero attached hydrogens (tertiary/aromatic N) is 4. The molecular formula is C29H46ClFN6OSi2. The number of nitrogens with one attached hydrogen (secondary N) is 2. The summed E-state index contributed by atoms with van der Waals surface area (Å²) in [7, 11) is -4.29. The second-order valence-electron chi connectivity index (χ2n) is 14.1. The first-order chi connectivity index (χ1) is 18.4. The fourth-order valence-corrected chi connectivity index (χ4v) is 10.2. The number of aromatic nitrogens is 4. The van der Waals surface area contributed by atoms with Gasteiger partial charge >= 0.3 is 0 Å². The van der Waals surface area contributed by atoms with E-state index >= 15 is 4.39 Å². The second-order valence-corrected chi connectivity index (χ2v) is 24.2. The molecule has 2 N–H and O–H groups in total. The molecule has 1 aliphatic heterocycles. The number of pyridine rings is 2. The quantitative estimate of drug-likeness (QED) is 0.297. The van der Waals surface area contributed by atoms with Gasteiger partial charge in [-0.25, -0.2) is 14.4 Å². The van der Waals surface area contributed by atoms with E-state index in [1.165, 1.54) is 0 Å². The van der Waals surface area contributed by atoms with Gasteiger partial charge in [-0.05, 0) is 54.8 Å². The molecule has 0 saturated carbocycles. The summed E-state index contributed by atoms with van der Waals surface area (Å²) >= 11 is 7.23. The maximum Gasteiger partial charge on any atom is 0.184 e. The maximum atomic E-state index is 16.7. The molecule has 3 aromatic heterocycles. The smallest absolute Gasteiger partial charge is 0.184 e. The Morgan fingerprint density at radius 2 is 1.80 bits per heavy atom. The molecule has 220 valence electrons. The summed E-state index contributed by atoms with van der Waals surface area (Å²) < 4.78 is 23.6. The highest BCUT2D eigenvalue weighted by Gasteiger charge is 2.46. The molecule has 0 unspecified atom stereocenters. The molecular weight excluding hydrogens is 559 g/mol. The molecule has 4 heterocycles. The van der Waals surface area contributed by atoms with Gasteiger partial charge in [0, 0.05) is 31.2 Å². The Balaban J connectivity index is 1.91. The molecule has 0 bridgehead atoms. The van der Waals surface area contributed by atoms with E-state index in [0.29, 0.717) is 40.5 Å². The molecule has 11 heteroatoms. The molecule has 0 amide bonds. The Bertz CT molecular complexity index is 1380. The average molecular weight is 605 g/mol. The highest BCUT2D eigenvalue weighted by atomic mass is 35.5. The monoisotopic (exact) mass is 604 g/mol. The van der Waals surface area contributed by atoms with Crippen LogP contribution in [0.5, 0.6) is 0 Å². The zero-order valence-electron chi connectivity index (χ0n) is 26.0. The van der Waals surface area contributed by atoms with Crippen molar-refractivity contribution in [1.82, 2.24) is 25.5 Å². The number of rotatable bonds is 7. The lowest BCUT2D eigenvalue weighted by Gasteiger charge is -2.49. The SMILES string of the molecule is CC(C)[C@@](C)(O[Si](C)(C)C)[C@@H]1CN(c2nc(-c3n[nH]c4ncccc34)c(F)c([Si](C)(C)C(C)(C)C)c2Cl)CCN1. The lowest BCUT2D eigenvalue weighted by Crippen LogP contribution is -2.65. The Hall–Kier alpha value is -1.86. The van der Waals surface area contributed by atoms with Crippen molar-refractivity contribution in [2.24, 2.45) is 5.92 Å². The van der Waals surface area contributed by atoms with E-state index in [1.807, 2.05) is 12.1 Å². The van der Waals surface area contributed by atoms with Crippen LogP contribution in [-0.4, -0.2) is 67.8 Å². The third-order valence-electron chi connectivity index (χ3n) is 8.96. The number of halogens is 2. The van der Waals surface area contributed by atoms with Crippen LogP contribution in [-0.2, 0) is 4.43 Å². The number of H-pyrrole nitrogens is 1. The molecule has 0 aliphatic carbocycles. The average Bonchev–Trinajstić information content (AvgIpc) is 3.26. The zero-order valence-corrected chi connectivity index (χ0v) is 28.7. The molecule has 1 saturated heterocycles. The first-order valence-corrected chi connectivity index (χ1v) is 21.0. The molecule has 3 aromatic rings. The van der Waals surface area contributed by atoms with Gasteiger partial charge in [-0.3, -0.25) is 5.10 Å². The second kappa shape index (κ2) is 10.8. The summed E-state index contributed by atoms with van der Waals surface area (Å²) in [6.45, 7) is 26.3. The van der Waals surface area contributed by atoms with E-state index in [-0.39, 0.29) is 34.1 Å². The number of piperazine rings is 1. The molecule has 2 atom stereocenters. The predicted molar refractivity (Wildman–Crippen MR) is 171 cm³/mol. The predicted octanol–water partition coefficient (Wildman–Crippen LogP) is 6.57. The van der Waals surface area contributed by atoms with Crippen LogP contribution in [0, 0.1) is 11.7 Å². The summed E-state index contributed by atoms with van der Waals surface area (Å²) in [5.74, 6) is 0.525. The van der Waals surface area contributed by atoms with Crippen molar-refractivity contribution in [2.75, 3.05) is 24.5 Å². The van der Waals surface area contributed by atoms with Crippen LogP contribution in [0.2, 0.25) is 42.8 Å². The van der Waals surface area contributed by atoms with Crippen LogP contribution in [0.1, 0.15) is 41.5 Å². The van der Waals surface area contributed by atoms with Gasteiger partial charge < -0.3 is 14.6 Å². The van der Waals surface area contributed by atoms with Crippen molar-refractivity contribution in [3.63, 3.8) is 0 Å². The number of hydrogen-bond donors (Lipinski definition) is 2. The number of anilines is 1. The van der Waals surface area contributed by atoms with Gasteiger partial charge in [-0.15, -0.1) is 0 Å². The highest BCUT2D eigenvalue weighted by molar-refractivity contribution is 6.93. The Labute approximate surface area is 245 Å². The van der Waals surface area contributed by atoms with Crippen LogP contribution >= 0.6 is 11.6 Å². The van der Waals surface area contributed by atoms with E-state index in [1.54, 1.807) is 6.20 Å². The third kappa shape index (κ3) is 5.62. The van der Waals surface area contributed by atoms with Gasteiger partial charge in [-0.1, -0.05) is 59.3 Å². The van der Waals surface area contributed by atoms with Crippen LogP contribution in [0.3, 0.4) is 0 Å². The van der Waals surface area contributed by atoms with Gasteiger partial charge in [0.1, 0.15) is 17.2 Å². The van der Waals surface area contributed by atoms with Crippen molar-refractivity contribution in [3.8, 4) is 11.4 Å². The van der Waals surface area contributed by atoms with Gasteiger partial charge in [0.05, 0.1) is 24.7 Å². The first kappa shape index (κ1) is 31.1. The van der Waals surface area contributed by atoms with Crippen LogP contribution in [0.25, 0.3) is 22.4 Å². The largest absolute Gasteiger partial charge is 0.411 e. The molecule has 40 heavy (non-hydrogen) atoms. The zero-order chi connectivity index (χ0) is 29.8. The maximum absolute atomic E-state index is 16.7. The Kier molecular flexibility index (Phi) is 8.37. The van der Waals surface area contributed by atoms with Crippen LogP contribution < -0.4 is 15.4 Å². The minimum Gasteiger partial charge on any atom is -0.411 e. The number of hydrogen-bond acceptors (Lipinski definition) is 6. The fourth-order valence-electron chi connectivity index (χ4n) is 5.43. The topological polar surface area (TPSA) is 79.0 Å². The molecule has 1 fully saturated rings. The van der Waals surface area contributed by atoms with Crippen molar-refractivity contribution in [1.29, 1.82) is 0 Å². The third-order valence-corrected chi connectivity index (χ3v) is 16.0. The molecule has 0 radical (unpaired) electrons. The van der Waals surface area contributed by atoms with Gasteiger partial charge in [0.25, 0.3) is 0 Å². The fraction of sp³-hybridized carbons (Fsp3) is 0.621. The number of fused-ring (bicyclic) bond motifs is 1. The van der Waals surface area contributed by atoms with E-state index < -0.39 is 16.4 Å². The standard InChI is InChI=1S/C29H46ClFN6OSi2/c1-18(2)29(6,38-39(7,8)9)20-17-37(16-15-32-20)27-21(30)25(40(10,11)28(3,4)5)22(31)24(34-27)23-19-13-12-14-33-26(19)36-35-23/h12-14,18,20,32H,15-17H2,1-11H3,(H,33,35,36)/t20-,29+/m0/s1. The summed E-state index contributed by atoms with van der Waals surface area (Å²) in [6.07, 6.45) is 1.69. The molecule has 7 nitrogen and oxygen atoms in total. The number of aromatic amines is 1. The van der Waals surface area contributed by atoms with Gasteiger partial charge in [0.15, 0.2) is 19.8 Å². The lowest BCUT2D eigenvalue weighted by molar-refractivity contribution is -0.00559. The van der Waals surface area contributed by atoms with Gasteiger partial charge in [0.2, 0.25) is 0 Å². The van der Waals surface area contributed by atoms with Crippen molar-refractivity contribution in [3.05, 3.63) is 29.2 Å². The van der Waals surface area contributed by atoms with E-state index in [2.05, 4.69) is 99.7 Å². The summed E-state index contributed by atoms with van der Waals surface area (Å²) in [5, 5.41) is 12.8. The lowest BCUT2D eigenvalue weighted by atomic mass is 9.84. The molecule has 1 aliphatic rings. The van der Waals surface area contributed by atoms with Gasteiger partial charge in [-0.2, -0.15) is 5.10 Å². The van der Waals surface area contributed by atoms with E-state index in [9.17, 15) is 0 Å². The van der Waals surface area contributed by atoms with Crippen molar-refractivity contribution < 1.29 is 8.82 Å². The normalized spacial score (nSPS) is 18.9. The minimum absolute atomic E-state index is 0.0473.